The molecule has 2 amide bonds. The normalized spacial score (nSPS) is 23.1. The van der Waals surface area contributed by atoms with Crippen molar-refractivity contribution in [1.29, 1.82) is 0 Å². The first kappa shape index (κ1) is 19.8. The Kier molecular flexibility index (Phi) is 6.08. The van der Waals surface area contributed by atoms with E-state index in [9.17, 15) is 9.59 Å². The molecule has 2 heterocycles. The number of carbonyl (C=O) groups is 2. The molecular formula is C21H26N4O3S. The Labute approximate surface area is 174 Å². The van der Waals surface area contributed by atoms with Crippen molar-refractivity contribution in [1.82, 2.24) is 19.8 Å². The van der Waals surface area contributed by atoms with Crippen LogP contribution in [0.15, 0.2) is 30.3 Å². The molecule has 8 heteroatoms. The third kappa shape index (κ3) is 4.58. The molecule has 29 heavy (non-hydrogen) atoms. The molecule has 4 rings (SSSR count). The molecule has 2 bridgehead atoms. The van der Waals surface area contributed by atoms with E-state index in [0.29, 0.717) is 41.9 Å². The summed E-state index contributed by atoms with van der Waals surface area (Å²) in [6.45, 7) is 3.78. The maximum atomic E-state index is 12.7. The molecule has 0 spiro atoms. The number of para-hydroxylation sites is 1. The van der Waals surface area contributed by atoms with Gasteiger partial charge in [-0.3, -0.25) is 9.59 Å². The van der Waals surface area contributed by atoms with Gasteiger partial charge in [0.15, 0.2) is 0 Å². The highest BCUT2D eigenvalue weighted by atomic mass is 32.1. The molecule has 7 nitrogen and oxygen atoms in total. The van der Waals surface area contributed by atoms with Crippen LogP contribution in [-0.2, 0) is 4.79 Å². The van der Waals surface area contributed by atoms with Gasteiger partial charge in [0.2, 0.25) is 5.91 Å². The lowest BCUT2D eigenvalue weighted by Gasteiger charge is -2.38. The molecule has 2 aromatic rings. The Morgan fingerprint density at radius 1 is 1.21 bits per heavy atom. The number of hydrogen-bond acceptors (Lipinski definition) is 6. The van der Waals surface area contributed by atoms with E-state index in [1.54, 1.807) is 6.92 Å². The summed E-state index contributed by atoms with van der Waals surface area (Å²) in [5, 5.41) is 7.11. The quantitative estimate of drug-likeness (QED) is 0.704. The van der Waals surface area contributed by atoms with Crippen molar-refractivity contribution < 1.29 is 14.3 Å². The molecule has 1 saturated heterocycles. The summed E-state index contributed by atoms with van der Waals surface area (Å²) in [5.74, 6) is 1.58. The smallest absolute Gasteiger partial charge is 0.265 e. The molecule has 0 radical (unpaired) electrons. The van der Waals surface area contributed by atoms with Crippen LogP contribution in [0.3, 0.4) is 0 Å². The van der Waals surface area contributed by atoms with E-state index in [1.807, 2.05) is 35.2 Å². The van der Waals surface area contributed by atoms with Crippen LogP contribution in [0.1, 0.15) is 41.0 Å². The molecule has 2 aliphatic rings. The van der Waals surface area contributed by atoms with Crippen LogP contribution in [0.4, 0.5) is 0 Å². The molecule has 1 aliphatic carbocycles. The monoisotopic (exact) mass is 414 g/mol. The van der Waals surface area contributed by atoms with Crippen LogP contribution in [0.2, 0.25) is 0 Å². The average molecular weight is 415 g/mol. The van der Waals surface area contributed by atoms with Crippen molar-refractivity contribution >= 4 is 23.3 Å². The number of rotatable bonds is 7. The summed E-state index contributed by atoms with van der Waals surface area (Å²) in [6.07, 6.45) is 3.30. The topological polar surface area (TPSA) is 84.4 Å². The van der Waals surface area contributed by atoms with Crippen LogP contribution >= 0.6 is 11.5 Å². The predicted molar refractivity (Wildman–Crippen MR) is 110 cm³/mol. The number of piperidine rings is 1. The van der Waals surface area contributed by atoms with E-state index in [2.05, 4.69) is 14.9 Å². The van der Waals surface area contributed by atoms with Crippen LogP contribution in [0, 0.1) is 18.8 Å². The minimum absolute atomic E-state index is 0.0859. The van der Waals surface area contributed by atoms with Crippen molar-refractivity contribution in [3.8, 4) is 5.75 Å². The second-order valence-electron chi connectivity index (χ2n) is 7.85. The largest absolute Gasteiger partial charge is 0.494 e. The van der Waals surface area contributed by atoms with E-state index in [0.717, 1.165) is 43.2 Å². The number of fused-ring (bicyclic) bond motifs is 2. The van der Waals surface area contributed by atoms with Gasteiger partial charge in [0, 0.05) is 25.6 Å². The number of amides is 2. The lowest BCUT2D eigenvalue weighted by atomic mass is 9.91. The van der Waals surface area contributed by atoms with Crippen LogP contribution in [0.5, 0.6) is 5.75 Å². The minimum Gasteiger partial charge on any atom is -0.494 e. The lowest BCUT2D eigenvalue weighted by Crippen LogP contribution is -2.53. The zero-order valence-electron chi connectivity index (χ0n) is 16.5. The Morgan fingerprint density at radius 2 is 1.93 bits per heavy atom. The van der Waals surface area contributed by atoms with Gasteiger partial charge in [-0.2, -0.15) is 0 Å². The van der Waals surface area contributed by atoms with E-state index in [1.165, 1.54) is 0 Å². The Morgan fingerprint density at radius 3 is 2.59 bits per heavy atom. The van der Waals surface area contributed by atoms with Crippen molar-refractivity contribution in [2.24, 2.45) is 11.8 Å². The summed E-state index contributed by atoms with van der Waals surface area (Å²) >= 11 is 1.13. The van der Waals surface area contributed by atoms with Crippen LogP contribution < -0.4 is 10.1 Å². The summed E-state index contributed by atoms with van der Waals surface area (Å²) in [5.41, 5.74) is 0.671. The average Bonchev–Trinajstić information content (AvgIpc) is 3.24. The summed E-state index contributed by atoms with van der Waals surface area (Å²) in [7, 11) is 0. The molecule has 1 unspecified atom stereocenters. The fourth-order valence-corrected chi connectivity index (χ4v) is 4.97. The lowest BCUT2D eigenvalue weighted by molar-refractivity contribution is -0.133. The van der Waals surface area contributed by atoms with Crippen molar-refractivity contribution in [2.75, 3.05) is 19.7 Å². The first-order chi connectivity index (χ1) is 14.1. The number of nitrogens with zero attached hydrogens (tertiary/aromatic N) is 3. The summed E-state index contributed by atoms with van der Waals surface area (Å²) in [6, 6.07) is 9.80. The molecule has 1 aromatic carbocycles. The molecule has 154 valence electrons. The highest BCUT2D eigenvalue weighted by Crippen LogP contribution is 2.37. The number of nitrogens with one attached hydrogen (secondary N) is 1. The van der Waals surface area contributed by atoms with Gasteiger partial charge in [-0.05, 0) is 61.7 Å². The predicted octanol–water partition coefficient (Wildman–Crippen LogP) is 2.67. The number of aryl methyl sites for hydroxylation is 1. The fraction of sp³-hybridized carbons (Fsp3) is 0.524. The Hall–Kier alpha value is -2.48. The molecule has 1 saturated carbocycles. The molecular weight excluding hydrogens is 388 g/mol. The first-order valence-corrected chi connectivity index (χ1v) is 10.9. The van der Waals surface area contributed by atoms with Gasteiger partial charge in [0.1, 0.15) is 10.6 Å². The van der Waals surface area contributed by atoms with Crippen LogP contribution in [0.25, 0.3) is 0 Å². The first-order valence-electron chi connectivity index (χ1n) is 10.2. The summed E-state index contributed by atoms with van der Waals surface area (Å²) < 4.78 is 9.52. The van der Waals surface area contributed by atoms with Gasteiger partial charge in [-0.1, -0.05) is 22.7 Å². The molecule has 1 aliphatic heterocycles. The SMILES string of the molecule is Cc1nnsc1C(=O)NC1[C@@H]2CC[C@H]1CN(C(=O)CCCOc1ccccc1)C2. The van der Waals surface area contributed by atoms with E-state index in [4.69, 9.17) is 4.74 Å². The zero-order valence-corrected chi connectivity index (χ0v) is 17.4. The second-order valence-corrected chi connectivity index (χ2v) is 8.60. The number of carbonyl (C=O) groups excluding carboxylic acids is 2. The van der Waals surface area contributed by atoms with Crippen molar-refractivity contribution in [3.05, 3.63) is 40.9 Å². The highest BCUT2D eigenvalue weighted by Gasteiger charge is 2.44. The molecule has 1 aromatic heterocycles. The van der Waals surface area contributed by atoms with E-state index < -0.39 is 0 Å². The van der Waals surface area contributed by atoms with Gasteiger partial charge in [-0.15, -0.1) is 5.10 Å². The van der Waals surface area contributed by atoms with Crippen LogP contribution in [-0.4, -0.2) is 52.0 Å². The number of hydrogen-bond donors (Lipinski definition) is 1. The standard InChI is InChI=1S/C21H26N4O3S/c1-14-20(29-24-23-14)21(27)22-19-15-9-10-16(19)13-25(12-15)18(26)8-5-11-28-17-6-3-2-4-7-17/h2-4,6-7,15-16,19H,5,8-13H2,1H3,(H,22,27)/t15-,16+,19?. The van der Waals surface area contributed by atoms with Gasteiger partial charge in [-0.25, -0.2) is 0 Å². The van der Waals surface area contributed by atoms with Crippen molar-refractivity contribution in [2.45, 2.75) is 38.6 Å². The molecule has 2 fully saturated rings. The number of likely N-dealkylation sites (tertiary alicyclic amines) is 1. The maximum Gasteiger partial charge on any atom is 0.265 e. The number of benzene rings is 1. The number of ether oxygens (including phenoxy) is 1. The van der Waals surface area contributed by atoms with Gasteiger partial charge < -0.3 is 15.0 Å². The minimum atomic E-state index is -0.0859. The van der Waals surface area contributed by atoms with Gasteiger partial charge in [0.05, 0.1) is 12.3 Å². The third-order valence-corrected chi connectivity index (χ3v) is 6.72. The zero-order chi connectivity index (χ0) is 20.2. The maximum absolute atomic E-state index is 12.7. The highest BCUT2D eigenvalue weighted by molar-refractivity contribution is 7.08. The fourth-order valence-electron chi connectivity index (χ4n) is 4.41. The third-order valence-electron chi connectivity index (χ3n) is 5.89. The van der Waals surface area contributed by atoms with Gasteiger partial charge >= 0.3 is 0 Å². The summed E-state index contributed by atoms with van der Waals surface area (Å²) in [4.78, 5) is 27.8. The van der Waals surface area contributed by atoms with Crippen molar-refractivity contribution in [3.63, 3.8) is 0 Å². The van der Waals surface area contributed by atoms with Gasteiger partial charge in [0.25, 0.3) is 5.91 Å². The Balaban J connectivity index is 1.24. The Bertz CT molecular complexity index is 843. The van der Waals surface area contributed by atoms with E-state index in [-0.39, 0.29) is 17.9 Å². The number of aromatic nitrogens is 2. The molecule has 3 atom stereocenters. The second kappa shape index (κ2) is 8.90. The molecule has 1 N–H and O–H groups in total. The van der Waals surface area contributed by atoms with E-state index >= 15 is 0 Å².